The quantitative estimate of drug-likeness (QED) is 0.121. The van der Waals surface area contributed by atoms with Crippen molar-refractivity contribution in [3.05, 3.63) is 70.3 Å². The van der Waals surface area contributed by atoms with E-state index in [9.17, 15) is 24.5 Å². The number of benzene rings is 2. The second-order valence-corrected chi connectivity index (χ2v) is 11.9. The average molecular weight is 611 g/mol. The van der Waals surface area contributed by atoms with Crippen molar-refractivity contribution < 1.29 is 28.8 Å². The molecule has 2 aliphatic rings. The summed E-state index contributed by atoms with van der Waals surface area (Å²) in [5, 5.41) is 13.1. The number of halogens is 1. The Kier molecular flexibility index (Phi) is 7.50. The molecule has 12 heteroatoms. The lowest BCUT2D eigenvalue weighted by atomic mass is 9.94. The molecule has 2 fully saturated rings. The smallest absolute Gasteiger partial charge is 0.330 e. The highest BCUT2D eigenvalue weighted by molar-refractivity contribution is 14.1. The summed E-state index contributed by atoms with van der Waals surface area (Å²) in [4.78, 5) is 50.1. The van der Waals surface area contributed by atoms with E-state index in [1.54, 1.807) is 24.3 Å². The Hall–Kier alpha value is -2.87. The largest absolute Gasteiger partial charge is 0.484 e. The number of β-lactam (4-membered cyclic amide) rings is 1. The van der Waals surface area contributed by atoms with Crippen LogP contribution in [0, 0.1) is 10.1 Å². The van der Waals surface area contributed by atoms with Crippen LogP contribution in [0.25, 0.3) is 0 Å². The molecule has 35 heavy (non-hydrogen) atoms. The normalized spacial score (nSPS) is 25.1. The molecule has 4 rings (SSSR count). The van der Waals surface area contributed by atoms with Crippen LogP contribution in [-0.4, -0.2) is 60.8 Å². The molecule has 2 aliphatic heterocycles. The van der Waals surface area contributed by atoms with Crippen molar-refractivity contribution in [2.24, 2.45) is 0 Å². The van der Waals surface area contributed by atoms with Crippen LogP contribution in [0.15, 0.2) is 54.6 Å². The van der Waals surface area contributed by atoms with Gasteiger partial charge in [0.15, 0.2) is 6.61 Å². The van der Waals surface area contributed by atoms with Gasteiger partial charge in [-0.3, -0.25) is 19.7 Å². The SMILES string of the molecule is CC1(I)CS[C@H]2C(NC(=O)COc3ccccc3)C(=O)N2C1C(=O)OCc1ccc([N+](=O)[O-])cc1. The van der Waals surface area contributed by atoms with E-state index in [2.05, 4.69) is 27.9 Å². The fourth-order valence-electron chi connectivity index (χ4n) is 3.87. The van der Waals surface area contributed by atoms with Gasteiger partial charge in [0.05, 0.1) is 8.35 Å². The predicted octanol–water partition coefficient (Wildman–Crippen LogP) is 2.68. The van der Waals surface area contributed by atoms with Crippen molar-refractivity contribution in [1.29, 1.82) is 0 Å². The van der Waals surface area contributed by atoms with Crippen LogP contribution in [0.5, 0.6) is 5.75 Å². The average Bonchev–Trinajstić information content (AvgIpc) is 2.85. The maximum Gasteiger partial charge on any atom is 0.330 e. The van der Waals surface area contributed by atoms with Gasteiger partial charge in [0.1, 0.15) is 29.8 Å². The zero-order valence-corrected chi connectivity index (χ0v) is 21.6. The number of carbonyl (C=O) groups is 3. The Morgan fingerprint density at radius 1 is 1.23 bits per heavy atom. The molecule has 0 aliphatic carbocycles. The number of nitrogens with one attached hydrogen (secondary N) is 1. The maximum atomic E-state index is 13.0. The molecule has 2 aromatic rings. The summed E-state index contributed by atoms with van der Waals surface area (Å²) in [5.41, 5.74) is 0.542. The number of rotatable bonds is 8. The summed E-state index contributed by atoms with van der Waals surface area (Å²) < 4.78 is 10.3. The molecule has 0 aromatic heterocycles. The summed E-state index contributed by atoms with van der Waals surface area (Å²) in [7, 11) is 0. The van der Waals surface area contributed by atoms with E-state index in [-0.39, 0.29) is 30.2 Å². The first-order valence-corrected chi connectivity index (χ1v) is 12.8. The standard InChI is InChI=1S/C23H22IN3O7S/c1-23(24)13-35-21-18(25-17(28)12-33-16-5-3-2-4-6-16)20(29)26(21)19(23)22(30)34-11-14-7-9-15(10-8-14)27(31)32/h2-10,18-19,21H,11-13H2,1H3,(H,25,28)/t18?,19?,21-,23?/m0/s1. The Balaban J connectivity index is 1.36. The summed E-state index contributed by atoms with van der Waals surface area (Å²) in [6.07, 6.45) is 0. The maximum absolute atomic E-state index is 13.0. The molecule has 10 nitrogen and oxygen atoms in total. The molecule has 1 N–H and O–H groups in total. The number of nitrogens with zero attached hydrogens (tertiary/aromatic N) is 2. The first-order valence-electron chi connectivity index (χ1n) is 10.7. The van der Waals surface area contributed by atoms with Crippen molar-refractivity contribution in [1.82, 2.24) is 10.2 Å². The van der Waals surface area contributed by atoms with Crippen molar-refractivity contribution >= 4 is 57.8 Å². The number of hydrogen-bond donors (Lipinski definition) is 1. The third-order valence-corrected chi connectivity index (χ3v) is 8.74. The summed E-state index contributed by atoms with van der Waals surface area (Å²) >= 11 is 3.66. The van der Waals surface area contributed by atoms with Crippen LogP contribution >= 0.6 is 34.4 Å². The van der Waals surface area contributed by atoms with Gasteiger partial charge in [-0.1, -0.05) is 40.8 Å². The molecule has 2 amide bonds. The number of carbonyl (C=O) groups excluding carboxylic acids is 3. The summed E-state index contributed by atoms with van der Waals surface area (Å²) in [6, 6.07) is 13.0. The highest BCUT2D eigenvalue weighted by Gasteiger charge is 2.61. The van der Waals surface area contributed by atoms with Gasteiger partial charge >= 0.3 is 5.97 Å². The minimum atomic E-state index is -0.825. The number of fused-ring (bicyclic) bond motifs is 1. The van der Waals surface area contributed by atoms with Crippen molar-refractivity contribution in [2.75, 3.05) is 12.4 Å². The zero-order valence-electron chi connectivity index (χ0n) is 18.6. The molecule has 2 heterocycles. The van der Waals surface area contributed by atoms with E-state index in [0.717, 1.165) is 0 Å². The second kappa shape index (κ2) is 10.4. The molecule has 3 unspecified atom stereocenters. The van der Waals surface area contributed by atoms with E-state index in [1.807, 2.05) is 13.0 Å². The second-order valence-electron chi connectivity index (χ2n) is 8.31. The predicted molar refractivity (Wildman–Crippen MR) is 136 cm³/mol. The number of non-ortho nitro benzene ring substituents is 1. The van der Waals surface area contributed by atoms with Gasteiger partial charge in [0.25, 0.3) is 11.6 Å². The number of hydrogen-bond acceptors (Lipinski definition) is 8. The molecular weight excluding hydrogens is 589 g/mol. The van der Waals surface area contributed by atoms with Crippen molar-refractivity contribution in [2.45, 2.75) is 34.4 Å². The van der Waals surface area contributed by atoms with Crippen molar-refractivity contribution in [3.8, 4) is 5.75 Å². The molecule has 4 atom stereocenters. The van der Waals surface area contributed by atoms with Crippen molar-refractivity contribution in [3.63, 3.8) is 0 Å². The van der Waals surface area contributed by atoms with E-state index in [0.29, 0.717) is 17.1 Å². The fourth-order valence-corrected chi connectivity index (χ4v) is 6.39. The third kappa shape index (κ3) is 5.53. The number of alkyl halides is 1. The fraction of sp³-hybridized carbons (Fsp3) is 0.348. The van der Waals surface area contributed by atoms with Gasteiger partial charge in [0, 0.05) is 17.9 Å². The van der Waals surface area contributed by atoms with Crippen LogP contribution < -0.4 is 10.1 Å². The van der Waals surface area contributed by atoms with Gasteiger partial charge in [-0.05, 0) is 36.8 Å². The zero-order chi connectivity index (χ0) is 25.2. The highest BCUT2D eigenvalue weighted by atomic mass is 127. The Labute approximate surface area is 219 Å². The molecule has 2 saturated heterocycles. The Bertz CT molecular complexity index is 1130. The minimum Gasteiger partial charge on any atom is -0.484 e. The number of thioether (sulfide) groups is 1. The van der Waals surface area contributed by atoms with E-state index < -0.39 is 32.3 Å². The van der Waals surface area contributed by atoms with Gasteiger partial charge < -0.3 is 19.7 Å². The van der Waals surface area contributed by atoms with Crippen LogP contribution in [0.1, 0.15) is 12.5 Å². The van der Waals surface area contributed by atoms with E-state index in [1.165, 1.54) is 40.9 Å². The van der Waals surface area contributed by atoms with E-state index >= 15 is 0 Å². The van der Waals surface area contributed by atoms with Crippen LogP contribution in [0.4, 0.5) is 5.69 Å². The van der Waals surface area contributed by atoms with E-state index in [4.69, 9.17) is 9.47 Å². The number of nitro groups is 1. The molecule has 0 radical (unpaired) electrons. The first kappa shape index (κ1) is 25.2. The van der Waals surface area contributed by atoms with Crippen LogP contribution in [-0.2, 0) is 25.7 Å². The monoisotopic (exact) mass is 611 g/mol. The molecule has 0 bridgehead atoms. The summed E-state index contributed by atoms with van der Waals surface area (Å²) in [5.74, 6) is -0.210. The van der Waals surface area contributed by atoms with Gasteiger partial charge in [0.2, 0.25) is 5.91 Å². The molecule has 184 valence electrons. The first-order chi connectivity index (χ1) is 16.7. The van der Waals surface area contributed by atoms with Gasteiger partial charge in [-0.25, -0.2) is 4.79 Å². The number of ether oxygens (including phenoxy) is 2. The lowest BCUT2D eigenvalue weighted by Gasteiger charge is -2.56. The third-order valence-electron chi connectivity index (χ3n) is 5.65. The topological polar surface area (TPSA) is 128 Å². The molecule has 0 spiro atoms. The lowest BCUT2D eigenvalue weighted by molar-refractivity contribution is -0.384. The Morgan fingerprint density at radius 3 is 2.57 bits per heavy atom. The van der Waals surface area contributed by atoms with Gasteiger partial charge in [-0.2, -0.15) is 0 Å². The number of nitro benzene ring substituents is 1. The van der Waals surface area contributed by atoms with Crippen LogP contribution in [0.3, 0.4) is 0 Å². The lowest BCUT2D eigenvalue weighted by Crippen LogP contribution is -2.78. The van der Waals surface area contributed by atoms with Crippen LogP contribution in [0.2, 0.25) is 0 Å². The molecule has 0 saturated carbocycles. The number of amides is 2. The highest BCUT2D eigenvalue weighted by Crippen LogP contribution is 2.46. The number of esters is 1. The minimum absolute atomic E-state index is 0.0551. The molecule has 2 aromatic carbocycles. The van der Waals surface area contributed by atoms with Gasteiger partial charge in [-0.15, -0.1) is 11.8 Å². The summed E-state index contributed by atoms with van der Waals surface area (Å²) in [6.45, 7) is 1.58. The molecular formula is C23H22IN3O7S. The number of para-hydroxylation sites is 1. The Morgan fingerprint density at radius 2 is 1.91 bits per heavy atom.